The van der Waals surface area contributed by atoms with Crippen LogP contribution < -0.4 is 14.4 Å². The summed E-state index contributed by atoms with van der Waals surface area (Å²) in [6.07, 6.45) is -1.14. The van der Waals surface area contributed by atoms with E-state index in [0.717, 1.165) is 6.07 Å². The highest BCUT2D eigenvalue weighted by Crippen LogP contribution is 2.37. The monoisotopic (exact) mass is 400 g/mol. The average Bonchev–Trinajstić information content (AvgIpc) is 2.73. The standard InChI is InChI=1S/C20H20N2O7/c1-3-21(14-7-5-4-6-8-14)19(23)13(2)29-20(24)15-11-17-18(28-10-9-27-17)12-16(15)22(25)26/h4-8,11-13H,3,9-10H2,1-2H3/t13-/m1/s1. The Bertz CT molecular complexity index is 930. The summed E-state index contributed by atoms with van der Waals surface area (Å²) in [5.74, 6) is -1.03. The van der Waals surface area contributed by atoms with Crippen LogP contribution in [0.1, 0.15) is 24.2 Å². The zero-order valence-electron chi connectivity index (χ0n) is 16.0. The Morgan fingerprint density at radius 2 is 1.79 bits per heavy atom. The molecule has 1 heterocycles. The smallest absolute Gasteiger partial charge is 0.346 e. The highest BCUT2D eigenvalue weighted by Gasteiger charge is 2.30. The highest BCUT2D eigenvalue weighted by molar-refractivity contribution is 6.00. The minimum atomic E-state index is -1.14. The number of esters is 1. The number of nitrogens with zero attached hydrogens (tertiary/aromatic N) is 2. The zero-order valence-corrected chi connectivity index (χ0v) is 16.0. The molecule has 2 aromatic rings. The summed E-state index contributed by atoms with van der Waals surface area (Å²) in [5.41, 5.74) is -0.121. The van der Waals surface area contributed by atoms with Gasteiger partial charge in [-0.1, -0.05) is 18.2 Å². The Labute approximate surface area is 166 Å². The SMILES string of the molecule is CCN(C(=O)[C@@H](C)OC(=O)c1cc2c(cc1[N+](=O)[O-])OCCO2)c1ccccc1. The molecule has 0 fully saturated rings. The van der Waals surface area contributed by atoms with E-state index in [2.05, 4.69) is 0 Å². The van der Waals surface area contributed by atoms with E-state index in [-0.39, 0.29) is 30.3 Å². The van der Waals surface area contributed by atoms with Gasteiger partial charge in [-0.3, -0.25) is 14.9 Å². The lowest BCUT2D eigenvalue weighted by molar-refractivity contribution is -0.385. The number of benzene rings is 2. The molecule has 0 spiro atoms. The fourth-order valence-corrected chi connectivity index (χ4v) is 2.96. The van der Waals surface area contributed by atoms with E-state index in [4.69, 9.17) is 14.2 Å². The van der Waals surface area contributed by atoms with Crippen LogP contribution in [0.15, 0.2) is 42.5 Å². The summed E-state index contributed by atoms with van der Waals surface area (Å²) in [6, 6.07) is 11.3. The van der Waals surface area contributed by atoms with E-state index >= 15 is 0 Å². The molecule has 0 aliphatic carbocycles. The van der Waals surface area contributed by atoms with Gasteiger partial charge in [-0.25, -0.2) is 4.79 Å². The molecule has 0 aromatic heterocycles. The minimum absolute atomic E-state index is 0.185. The number of nitro groups is 1. The van der Waals surface area contributed by atoms with Gasteiger partial charge in [0.05, 0.1) is 11.0 Å². The van der Waals surface area contributed by atoms with Crippen molar-refractivity contribution in [3.05, 3.63) is 58.1 Å². The third-order valence-electron chi connectivity index (χ3n) is 4.36. The topological polar surface area (TPSA) is 108 Å². The number of hydrogen-bond donors (Lipinski definition) is 0. The number of ether oxygens (including phenoxy) is 3. The first-order valence-corrected chi connectivity index (χ1v) is 9.07. The summed E-state index contributed by atoms with van der Waals surface area (Å²) < 4.78 is 16.0. The first-order chi connectivity index (χ1) is 13.9. The summed E-state index contributed by atoms with van der Waals surface area (Å²) in [7, 11) is 0. The van der Waals surface area contributed by atoms with Crippen molar-refractivity contribution in [1.82, 2.24) is 0 Å². The maximum absolute atomic E-state index is 12.8. The molecule has 0 unspecified atom stereocenters. The molecule has 1 aliphatic heterocycles. The Morgan fingerprint density at radius 3 is 2.38 bits per heavy atom. The quantitative estimate of drug-likeness (QED) is 0.417. The van der Waals surface area contributed by atoms with Crippen LogP contribution in [0.25, 0.3) is 0 Å². The lowest BCUT2D eigenvalue weighted by Crippen LogP contribution is -2.40. The van der Waals surface area contributed by atoms with Crippen LogP contribution >= 0.6 is 0 Å². The number of hydrogen-bond acceptors (Lipinski definition) is 7. The van der Waals surface area contributed by atoms with Crippen molar-refractivity contribution in [1.29, 1.82) is 0 Å². The molecule has 2 aromatic carbocycles. The van der Waals surface area contributed by atoms with Gasteiger partial charge < -0.3 is 19.1 Å². The van der Waals surface area contributed by atoms with E-state index < -0.39 is 28.6 Å². The first kappa shape index (κ1) is 20.1. The van der Waals surface area contributed by atoms with Gasteiger partial charge in [0.2, 0.25) is 0 Å². The van der Waals surface area contributed by atoms with Gasteiger partial charge in [0.1, 0.15) is 18.8 Å². The Hall–Kier alpha value is -3.62. The summed E-state index contributed by atoms with van der Waals surface area (Å²) in [6.45, 7) is 4.11. The number of nitro benzene ring substituents is 1. The Kier molecular flexibility index (Phi) is 5.96. The van der Waals surface area contributed by atoms with E-state index in [1.54, 1.807) is 31.2 Å². The normalized spacial score (nSPS) is 13.3. The highest BCUT2D eigenvalue weighted by atomic mass is 16.6. The summed E-state index contributed by atoms with van der Waals surface area (Å²) in [5, 5.41) is 11.4. The van der Waals surface area contributed by atoms with Gasteiger partial charge in [-0.05, 0) is 26.0 Å². The van der Waals surface area contributed by atoms with E-state index in [1.165, 1.54) is 17.9 Å². The second-order valence-electron chi connectivity index (χ2n) is 6.24. The molecule has 0 saturated heterocycles. The van der Waals surface area contributed by atoms with Crippen molar-refractivity contribution in [2.75, 3.05) is 24.7 Å². The number of anilines is 1. The van der Waals surface area contributed by atoms with Crippen molar-refractivity contribution in [2.45, 2.75) is 20.0 Å². The van der Waals surface area contributed by atoms with E-state index in [9.17, 15) is 19.7 Å². The molecular formula is C20H20N2O7. The third-order valence-corrected chi connectivity index (χ3v) is 4.36. The molecule has 9 heteroatoms. The fourth-order valence-electron chi connectivity index (χ4n) is 2.96. The van der Waals surface area contributed by atoms with Gasteiger partial charge in [-0.2, -0.15) is 0 Å². The molecule has 0 radical (unpaired) electrons. The molecule has 3 rings (SSSR count). The number of amides is 1. The molecular weight excluding hydrogens is 380 g/mol. The number of para-hydroxylation sites is 1. The van der Waals surface area contributed by atoms with Crippen molar-refractivity contribution in [2.24, 2.45) is 0 Å². The van der Waals surface area contributed by atoms with Crippen LogP contribution in [0.2, 0.25) is 0 Å². The van der Waals surface area contributed by atoms with Gasteiger partial charge in [-0.15, -0.1) is 0 Å². The number of fused-ring (bicyclic) bond motifs is 1. The van der Waals surface area contributed by atoms with Crippen LogP contribution in [0.4, 0.5) is 11.4 Å². The third kappa shape index (κ3) is 4.29. The summed E-state index contributed by atoms with van der Waals surface area (Å²) >= 11 is 0. The molecule has 1 atom stereocenters. The van der Waals surface area contributed by atoms with E-state index in [0.29, 0.717) is 12.2 Å². The van der Waals surface area contributed by atoms with Crippen molar-refractivity contribution >= 4 is 23.3 Å². The van der Waals surface area contributed by atoms with Gasteiger partial charge in [0.25, 0.3) is 11.6 Å². The molecule has 0 saturated carbocycles. The molecule has 1 aliphatic rings. The maximum atomic E-state index is 12.8. The van der Waals surface area contributed by atoms with Crippen LogP contribution in [-0.4, -0.2) is 42.7 Å². The lowest BCUT2D eigenvalue weighted by atomic mass is 10.1. The number of likely N-dealkylation sites (N-methyl/N-ethyl adjacent to an activating group) is 1. The molecule has 0 bridgehead atoms. The van der Waals surface area contributed by atoms with Crippen LogP contribution in [0.5, 0.6) is 11.5 Å². The first-order valence-electron chi connectivity index (χ1n) is 9.07. The lowest BCUT2D eigenvalue weighted by Gasteiger charge is -2.24. The Balaban J connectivity index is 1.82. The maximum Gasteiger partial charge on any atom is 0.346 e. The molecule has 29 heavy (non-hydrogen) atoms. The predicted molar refractivity (Wildman–Crippen MR) is 103 cm³/mol. The Morgan fingerprint density at radius 1 is 1.17 bits per heavy atom. The van der Waals surface area contributed by atoms with Crippen LogP contribution in [0.3, 0.4) is 0 Å². The number of carbonyl (C=O) groups is 2. The van der Waals surface area contributed by atoms with Crippen molar-refractivity contribution in [3.63, 3.8) is 0 Å². The summed E-state index contributed by atoms with van der Waals surface area (Å²) in [4.78, 5) is 37.5. The van der Waals surface area contributed by atoms with Gasteiger partial charge in [0.15, 0.2) is 17.6 Å². The van der Waals surface area contributed by atoms with Crippen molar-refractivity contribution in [3.8, 4) is 11.5 Å². The molecule has 152 valence electrons. The second kappa shape index (κ2) is 8.59. The number of carbonyl (C=O) groups excluding carboxylic acids is 2. The minimum Gasteiger partial charge on any atom is -0.486 e. The van der Waals surface area contributed by atoms with Gasteiger partial charge >= 0.3 is 5.97 Å². The van der Waals surface area contributed by atoms with Gasteiger partial charge in [0, 0.05) is 18.3 Å². The molecule has 0 N–H and O–H groups in total. The van der Waals surface area contributed by atoms with Crippen LogP contribution in [0, 0.1) is 10.1 Å². The largest absolute Gasteiger partial charge is 0.486 e. The van der Waals surface area contributed by atoms with Crippen LogP contribution in [-0.2, 0) is 9.53 Å². The zero-order chi connectivity index (χ0) is 21.0. The number of rotatable bonds is 6. The fraction of sp³-hybridized carbons (Fsp3) is 0.300. The average molecular weight is 400 g/mol. The molecule has 1 amide bonds. The van der Waals surface area contributed by atoms with Crippen molar-refractivity contribution < 1.29 is 28.7 Å². The van der Waals surface area contributed by atoms with E-state index in [1.807, 2.05) is 6.07 Å². The molecule has 9 nitrogen and oxygen atoms in total. The predicted octanol–water partition coefficient (Wildman–Crippen LogP) is 2.96. The second-order valence-corrected chi connectivity index (χ2v) is 6.24.